The lowest BCUT2D eigenvalue weighted by Crippen LogP contribution is -2.28. The maximum absolute atomic E-state index is 8.72. The molecule has 2 aromatic carbocycles. The molecule has 0 aliphatic rings. The molecule has 0 unspecified atom stereocenters. The molecule has 0 fully saturated rings. The summed E-state index contributed by atoms with van der Waals surface area (Å²) in [6.45, 7) is 5.52. The summed E-state index contributed by atoms with van der Waals surface area (Å²) in [6, 6.07) is 11.9. The first-order chi connectivity index (χ1) is 12.7. The summed E-state index contributed by atoms with van der Waals surface area (Å²) in [5.41, 5.74) is 3.32. The van der Waals surface area contributed by atoms with Gasteiger partial charge in [-0.25, -0.2) is 0 Å². The number of ether oxygens (including phenoxy) is 2. The van der Waals surface area contributed by atoms with Crippen molar-refractivity contribution in [2.75, 3.05) is 33.4 Å². The van der Waals surface area contributed by atoms with Crippen LogP contribution in [0.5, 0.6) is 11.5 Å². The third kappa shape index (κ3) is 6.18. The van der Waals surface area contributed by atoms with Gasteiger partial charge in [-0.3, -0.25) is 0 Å². The molecule has 0 aliphatic carbocycles. The van der Waals surface area contributed by atoms with Crippen LogP contribution in [-0.4, -0.2) is 38.5 Å². The van der Waals surface area contributed by atoms with Crippen molar-refractivity contribution in [1.29, 1.82) is 0 Å². The molecule has 0 aliphatic heterocycles. The first-order valence-electron chi connectivity index (χ1n) is 8.71. The second-order valence-corrected chi connectivity index (χ2v) is 6.38. The summed E-state index contributed by atoms with van der Waals surface area (Å²) in [5, 5.41) is 15.7. The van der Waals surface area contributed by atoms with E-state index in [2.05, 4.69) is 23.6 Å². The number of methoxy groups -OCH3 is 1. The van der Waals surface area contributed by atoms with Crippen LogP contribution >= 0.6 is 11.6 Å². The largest absolute Gasteiger partial charge is 0.493 e. The molecule has 0 bridgehead atoms. The van der Waals surface area contributed by atoms with Crippen molar-refractivity contribution in [1.82, 2.24) is 10.6 Å². The minimum absolute atomic E-state index is 0.150. The van der Waals surface area contributed by atoms with E-state index in [1.165, 1.54) is 5.56 Å². The van der Waals surface area contributed by atoms with E-state index < -0.39 is 0 Å². The average molecular weight is 379 g/mol. The Morgan fingerprint density at radius 1 is 1.08 bits per heavy atom. The monoisotopic (exact) mass is 378 g/mol. The lowest BCUT2D eigenvalue weighted by atomic mass is 10.1. The normalized spacial score (nSPS) is 10.8. The van der Waals surface area contributed by atoms with Crippen LogP contribution in [-0.2, 0) is 13.2 Å². The fourth-order valence-corrected chi connectivity index (χ4v) is 2.84. The first-order valence-corrected chi connectivity index (χ1v) is 9.09. The topological polar surface area (TPSA) is 62.8 Å². The zero-order chi connectivity index (χ0) is 18.8. The van der Waals surface area contributed by atoms with E-state index in [9.17, 15) is 0 Å². The Balaban J connectivity index is 1.96. The predicted molar refractivity (Wildman–Crippen MR) is 105 cm³/mol. The van der Waals surface area contributed by atoms with Gasteiger partial charge in [-0.05, 0) is 35.7 Å². The third-order valence-electron chi connectivity index (χ3n) is 4.02. The summed E-state index contributed by atoms with van der Waals surface area (Å²) in [5.74, 6) is 1.19. The van der Waals surface area contributed by atoms with Crippen molar-refractivity contribution >= 4 is 11.6 Å². The van der Waals surface area contributed by atoms with Crippen molar-refractivity contribution in [3.05, 3.63) is 58.1 Å². The Hall–Kier alpha value is -1.79. The Labute approximate surface area is 160 Å². The van der Waals surface area contributed by atoms with Crippen LogP contribution in [0.15, 0.2) is 36.4 Å². The minimum atomic E-state index is 0.150. The van der Waals surface area contributed by atoms with E-state index in [0.29, 0.717) is 36.2 Å². The fraction of sp³-hybridized carbons (Fsp3) is 0.400. The molecule has 0 spiro atoms. The molecular weight excluding hydrogens is 352 g/mol. The van der Waals surface area contributed by atoms with Crippen LogP contribution < -0.4 is 20.1 Å². The van der Waals surface area contributed by atoms with Gasteiger partial charge in [0, 0.05) is 26.2 Å². The van der Waals surface area contributed by atoms with Crippen molar-refractivity contribution in [2.45, 2.75) is 20.1 Å². The van der Waals surface area contributed by atoms with Gasteiger partial charge in [-0.2, -0.15) is 0 Å². The van der Waals surface area contributed by atoms with Crippen molar-refractivity contribution in [3.8, 4) is 11.5 Å². The van der Waals surface area contributed by atoms with Crippen LogP contribution in [0, 0.1) is 6.92 Å². The average Bonchev–Trinajstić information content (AvgIpc) is 2.64. The van der Waals surface area contributed by atoms with Gasteiger partial charge in [-0.15, -0.1) is 0 Å². The maximum atomic E-state index is 8.72. The third-order valence-corrected chi connectivity index (χ3v) is 4.30. The van der Waals surface area contributed by atoms with Gasteiger partial charge in [0.15, 0.2) is 11.5 Å². The molecule has 0 saturated carbocycles. The Morgan fingerprint density at radius 3 is 2.58 bits per heavy atom. The highest BCUT2D eigenvalue weighted by Gasteiger charge is 2.13. The van der Waals surface area contributed by atoms with Crippen LogP contribution in [0.3, 0.4) is 0 Å². The summed E-state index contributed by atoms with van der Waals surface area (Å²) < 4.78 is 11.4. The fourth-order valence-electron chi connectivity index (χ4n) is 2.55. The first kappa shape index (κ1) is 20.5. The van der Waals surface area contributed by atoms with Crippen LogP contribution in [0.25, 0.3) is 0 Å². The van der Waals surface area contributed by atoms with Crippen molar-refractivity contribution in [3.63, 3.8) is 0 Å². The lowest BCUT2D eigenvalue weighted by Gasteiger charge is -2.15. The molecule has 0 aromatic heterocycles. The number of aliphatic hydroxyl groups excluding tert-OH is 1. The predicted octanol–water partition coefficient (Wildman–Crippen LogP) is 2.91. The summed E-state index contributed by atoms with van der Waals surface area (Å²) in [7, 11) is 1.61. The molecule has 6 heteroatoms. The number of benzene rings is 2. The number of hydrogen-bond donors (Lipinski definition) is 3. The van der Waals surface area contributed by atoms with E-state index in [0.717, 1.165) is 24.2 Å². The number of aliphatic hydroxyl groups is 1. The number of rotatable bonds is 11. The van der Waals surface area contributed by atoms with E-state index in [-0.39, 0.29) is 6.61 Å². The maximum Gasteiger partial charge on any atom is 0.180 e. The zero-order valence-corrected chi connectivity index (χ0v) is 16.1. The zero-order valence-electron chi connectivity index (χ0n) is 15.3. The van der Waals surface area contributed by atoms with Gasteiger partial charge in [0.25, 0.3) is 0 Å². The highest BCUT2D eigenvalue weighted by Crippen LogP contribution is 2.37. The molecule has 26 heavy (non-hydrogen) atoms. The van der Waals surface area contributed by atoms with E-state index in [1.807, 2.05) is 30.3 Å². The molecule has 0 radical (unpaired) electrons. The van der Waals surface area contributed by atoms with Crippen molar-refractivity contribution in [2.24, 2.45) is 0 Å². The highest BCUT2D eigenvalue weighted by molar-refractivity contribution is 6.32. The number of nitrogens with one attached hydrogen (secondary N) is 2. The van der Waals surface area contributed by atoms with Crippen LogP contribution in [0.1, 0.15) is 16.7 Å². The van der Waals surface area contributed by atoms with Gasteiger partial charge < -0.3 is 25.2 Å². The molecule has 0 heterocycles. The molecule has 2 rings (SSSR count). The van der Waals surface area contributed by atoms with Crippen molar-refractivity contribution < 1.29 is 14.6 Å². The standard InChI is InChI=1S/C20H27ClN2O3/c1-15-5-3-4-6-17(15)14-26-20-18(21)11-16(12-19(20)25-2)13-23-8-7-22-9-10-24/h3-6,11-12,22-24H,7-10,13-14H2,1-2H3. The summed E-state index contributed by atoms with van der Waals surface area (Å²) in [4.78, 5) is 0. The quantitative estimate of drug-likeness (QED) is 0.525. The Kier molecular flexibility index (Phi) is 8.71. The van der Waals surface area contributed by atoms with E-state index >= 15 is 0 Å². The Bertz CT molecular complexity index is 695. The summed E-state index contributed by atoms with van der Waals surface area (Å²) >= 11 is 6.43. The van der Waals surface area contributed by atoms with Crippen LogP contribution in [0.4, 0.5) is 0 Å². The SMILES string of the molecule is COc1cc(CNCCNCCO)cc(Cl)c1OCc1ccccc1C. The molecule has 0 atom stereocenters. The number of hydrogen-bond acceptors (Lipinski definition) is 5. The molecule has 3 N–H and O–H groups in total. The molecule has 5 nitrogen and oxygen atoms in total. The molecular formula is C20H27ClN2O3. The minimum Gasteiger partial charge on any atom is -0.493 e. The molecule has 0 saturated heterocycles. The lowest BCUT2D eigenvalue weighted by molar-refractivity contribution is 0.284. The second-order valence-electron chi connectivity index (χ2n) is 5.97. The highest BCUT2D eigenvalue weighted by atomic mass is 35.5. The summed E-state index contributed by atoms with van der Waals surface area (Å²) in [6.07, 6.45) is 0. The Morgan fingerprint density at radius 2 is 1.85 bits per heavy atom. The van der Waals surface area contributed by atoms with Gasteiger partial charge in [-0.1, -0.05) is 35.9 Å². The van der Waals surface area contributed by atoms with Gasteiger partial charge >= 0.3 is 0 Å². The molecule has 2 aromatic rings. The molecule has 0 amide bonds. The van der Waals surface area contributed by atoms with Gasteiger partial charge in [0.05, 0.1) is 18.7 Å². The van der Waals surface area contributed by atoms with Gasteiger partial charge in [0.1, 0.15) is 6.61 Å². The smallest absolute Gasteiger partial charge is 0.180 e. The second kappa shape index (κ2) is 11.0. The number of aryl methyl sites for hydroxylation is 1. The van der Waals surface area contributed by atoms with E-state index in [4.69, 9.17) is 26.2 Å². The number of halogens is 1. The molecule has 142 valence electrons. The van der Waals surface area contributed by atoms with Crippen LogP contribution in [0.2, 0.25) is 5.02 Å². The van der Waals surface area contributed by atoms with Gasteiger partial charge in [0.2, 0.25) is 0 Å². The van der Waals surface area contributed by atoms with E-state index in [1.54, 1.807) is 7.11 Å².